The average Bonchev–Trinajstić information content (AvgIpc) is 2.59. The molecule has 0 saturated heterocycles. The second kappa shape index (κ2) is 2.09. The van der Waals surface area contributed by atoms with Crippen LogP contribution in [0.15, 0.2) is 29.3 Å². The van der Waals surface area contributed by atoms with Crippen molar-refractivity contribution < 1.29 is 0 Å². The van der Waals surface area contributed by atoms with Gasteiger partial charge in [-0.15, -0.1) is 0 Å². The van der Waals surface area contributed by atoms with Gasteiger partial charge in [0.15, 0.2) is 6.04 Å². The Morgan fingerprint density at radius 3 is 3.00 bits per heavy atom. The monoisotopic (exact) mass is 131 g/mol. The molecule has 2 aliphatic rings. The summed E-state index contributed by atoms with van der Waals surface area (Å²) in [5.41, 5.74) is 1.03. The Morgan fingerprint density at radius 1 is 1.40 bits per heavy atom. The van der Waals surface area contributed by atoms with Gasteiger partial charge in [-0.1, -0.05) is 4.67 Å². The number of allylic oxidation sites excluding steroid dienone is 2. The Balaban J connectivity index is 2.28. The predicted molar refractivity (Wildman–Crippen MR) is 43.8 cm³/mol. The molecule has 2 aliphatic heterocycles. The van der Waals surface area contributed by atoms with Crippen LogP contribution >= 0.6 is 0 Å². The van der Waals surface area contributed by atoms with Gasteiger partial charge in [0.2, 0.25) is 0 Å². The Labute approximate surface area is 59.0 Å². The van der Waals surface area contributed by atoms with E-state index in [1.165, 1.54) is 0 Å². The maximum atomic E-state index is 4.18. The molecular weight excluding hydrogens is 124 g/mol. The van der Waals surface area contributed by atoms with Gasteiger partial charge < -0.3 is 0 Å². The van der Waals surface area contributed by atoms with Crippen molar-refractivity contribution in [2.45, 2.75) is 6.04 Å². The van der Waals surface area contributed by atoms with Gasteiger partial charge in [0, 0.05) is 18.4 Å². The third-order valence-electron chi connectivity index (χ3n) is 1.51. The van der Waals surface area contributed by atoms with Crippen LogP contribution in [0.5, 0.6) is 0 Å². The summed E-state index contributed by atoms with van der Waals surface area (Å²) in [6.45, 7) is 0. The van der Waals surface area contributed by atoms with E-state index in [9.17, 15) is 0 Å². The van der Waals surface area contributed by atoms with Gasteiger partial charge in [-0.3, -0.25) is 4.99 Å². The van der Waals surface area contributed by atoms with Crippen molar-refractivity contribution in [1.82, 2.24) is 4.67 Å². The Hall–Kier alpha value is -1.40. The molecule has 1 unspecified atom stereocenters. The van der Waals surface area contributed by atoms with Crippen LogP contribution in [0.2, 0.25) is 0 Å². The van der Waals surface area contributed by atoms with E-state index in [1.54, 1.807) is 12.4 Å². The van der Waals surface area contributed by atoms with Gasteiger partial charge in [0.1, 0.15) is 0 Å². The second-order valence-corrected chi connectivity index (χ2v) is 2.19. The van der Waals surface area contributed by atoms with E-state index >= 15 is 0 Å². The maximum absolute atomic E-state index is 4.18. The molecule has 0 aromatic rings. The molecule has 2 heteroatoms. The van der Waals surface area contributed by atoms with E-state index in [0.717, 1.165) is 5.71 Å². The fraction of sp³-hybridized carbons (Fsp3) is 0.125. The van der Waals surface area contributed by atoms with Crippen LogP contribution in [0, 0.1) is 0 Å². The predicted octanol–water partition coefficient (Wildman–Crippen LogP) is 0.144. The lowest BCUT2D eigenvalue weighted by Gasteiger charge is -1.88. The molecule has 0 aromatic heterocycles. The standard InChI is InChI=1S/C8H7N2/c1-3-7(9-5-1)8-4-2-6-10-8/h1-7H/q+1. The van der Waals surface area contributed by atoms with Crippen molar-refractivity contribution >= 4 is 18.1 Å². The van der Waals surface area contributed by atoms with E-state index in [0.29, 0.717) is 0 Å². The van der Waals surface area contributed by atoms with E-state index in [2.05, 4.69) is 9.66 Å². The Bertz CT molecular complexity index is 276. The molecule has 0 bridgehead atoms. The SMILES string of the molecule is C1=CC(C2C=CC=N2)=[N+]=C1. The lowest BCUT2D eigenvalue weighted by atomic mass is 10.2. The summed E-state index contributed by atoms with van der Waals surface area (Å²) >= 11 is 0. The fourth-order valence-corrected chi connectivity index (χ4v) is 1.01. The summed E-state index contributed by atoms with van der Waals surface area (Å²) < 4.78 is 4.13. The molecule has 0 aromatic carbocycles. The van der Waals surface area contributed by atoms with Crippen LogP contribution in [0.1, 0.15) is 0 Å². The van der Waals surface area contributed by atoms with Gasteiger partial charge in [-0.05, 0) is 12.2 Å². The summed E-state index contributed by atoms with van der Waals surface area (Å²) in [5, 5.41) is 0. The van der Waals surface area contributed by atoms with Gasteiger partial charge >= 0.3 is 5.71 Å². The number of nitrogens with zero attached hydrogens (tertiary/aromatic N) is 2. The third-order valence-corrected chi connectivity index (χ3v) is 1.51. The second-order valence-electron chi connectivity index (χ2n) is 2.19. The molecule has 2 heterocycles. The van der Waals surface area contributed by atoms with Crippen LogP contribution in [0.3, 0.4) is 0 Å². The summed E-state index contributed by atoms with van der Waals surface area (Å²) in [7, 11) is 0. The minimum absolute atomic E-state index is 0.176. The first-order valence-electron chi connectivity index (χ1n) is 3.24. The lowest BCUT2D eigenvalue weighted by molar-refractivity contribution is 1.12. The molecule has 0 fully saturated rings. The summed E-state index contributed by atoms with van der Waals surface area (Å²) in [6.07, 6.45) is 11.5. The smallest absolute Gasteiger partial charge is 0.273 e. The van der Waals surface area contributed by atoms with E-state index in [-0.39, 0.29) is 6.04 Å². The normalized spacial score (nSPS) is 26.4. The van der Waals surface area contributed by atoms with Crippen LogP contribution in [0.25, 0.3) is 0 Å². The van der Waals surface area contributed by atoms with Crippen molar-refractivity contribution in [3.63, 3.8) is 0 Å². The molecule has 0 saturated carbocycles. The largest absolute Gasteiger partial charge is 0.332 e. The van der Waals surface area contributed by atoms with Gasteiger partial charge in [0.25, 0.3) is 6.21 Å². The third kappa shape index (κ3) is 0.751. The Kier molecular flexibility index (Phi) is 1.12. The molecule has 2 nitrogen and oxygen atoms in total. The van der Waals surface area contributed by atoms with Crippen molar-refractivity contribution in [2.75, 3.05) is 0 Å². The molecule has 10 heavy (non-hydrogen) atoms. The zero-order valence-electron chi connectivity index (χ0n) is 5.44. The molecule has 0 radical (unpaired) electrons. The summed E-state index contributed by atoms with van der Waals surface area (Å²) in [6, 6.07) is 0.176. The van der Waals surface area contributed by atoms with E-state index in [4.69, 9.17) is 0 Å². The highest BCUT2D eigenvalue weighted by atomic mass is 14.8. The Morgan fingerprint density at radius 2 is 2.40 bits per heavy atom. The molecule has 0 aliphatic carbocycles. The fourth-order valence-electron chi connectivity index (χ4n) is 1.01. The highest BCUT2D eigenvalue weighted by Crippen LogP contribution is 2.02. The van der Waals surface area contributed by atoms with Crippen LogP contribution in [-0.2, 0) is 0 Å². The van der Waals surface area contributed by atoms with Crippen molar-refractivity contribution in [2.24, 2.45) is 4.99 Å². The zero-order valence-corrected chi connectivity index (χ0v) is 5.44. The highest BCUT2D eigenvalue weighted by Gasteiger charge is 2.20. The van der Waals surface area contributed by atoms with Gasteiger partial charge in [-0.25, -0.2) is 0 Å². The van der Waals surface area contributed by atoms with Gasteiger partial charge in [-0.2, -0.15) is 0 Å². The molecule has 0 N–H and O–H groups in total. The molecule has 48 valence electrons. The van der Waals surface area contributed by atoms with Crippen molar-refractivity contribution in [3.05, 3.63) is 24.3 Å². The van der Waals surface area contributed by atoms with Crippen molar-refractivity contribution in [1.29, 1.82) is 0 Å². The minimum Gasteiger partial charge on any atom is -0.273 e. The molecule has 2 rings (SSSR count). The van der Waals surface area contributed by atoms with Crippen LogP contribution in [0.4, 0.5) is 0 Å². The summed E-state index contributed by atoms with van der Waals surface area (Å²) in [4.78, 5) is 4.18. The van der Waals surface area contributed by atoms with Crippen LogP contribution in [-0.4, -0.2) is 24.2 Å². The zero-order chi connectivity index (χ0) is 6.81. The molecular formula is C8H7N2+. The lowest BCUT2D eigenvalue weighted by Crippen LogP contribution is -2.12. The van der Waals surface area contributed by atoms with E-state index in [1.807, 2.05) is 24.3 Å². The molecule has 0 amide bonds. The van der Waals surface area contributed by atoms with Crippen LogP contribution < -0.4 is 4.67 Å². The molecule has 0 spiro atoms. The van der Waals surface area contributed by atoms with E-state index < -0.39 is 0 Å². The number of aliphatic imine (C=N–C) groups is 1. The first-order chi connectivity index (χ1) is 4.97. The topological polar surface area (TPSA) is 26.5 Å². The number of rotatable bonds is 1. The number of hydrogen-bond donors (Lipinski definition) is 0. The first-order valence-corrected chi connectivity index (χ1v) is 3.24. The summed E-state index contributed by atoms with van der Waals surface area (Å²) in [5.74, 6) is 0. The quantitative estimate of drug-likeness (QED) is 0.453. The minimum atomic E-state index is 0.176. The highest BCUT2D eigenvalue weighted by molar-refractivity contribution is 6.08. The first kappa shape index (κ1) is 5.39. The average molecular weight is 131 g/mol. The maximum Gasteiger partial charge on any atom is 0.332 e. The van der Waals surface area contributed by atoms with Gasteiger partial charge in [0.05, 0.1) is 0 Å². The molecule has 1 atom stereocenters. The number of hydrogen-bond acceptors (Lipinski definition) is 1. The van der Waals surface area contributed by atoms with Crippen molar-refractivity contribution in [3.8, 4) is 0 Å².